The smallest absolute Gasteiger partial charge is 0.326 e. The van der Waals surface area contributed by atoms with Crippen LogP contribution in [-0.2, 0) is 24.0 Å². The summed E-state index contributed by atoms with van der Waals surface area (Å²) >= 11 is 0. The molecule has 0 saturated carbocycles. The molecule has 0 aliphatic carbocycles. The van der Waals surface area contributed by atoms with Gasteiger partial charge in [0, 0.05) is 0 Å². The zero-order valence-corrected chi connectivity index (χ0v) is 17.0. The van der Waals surface area contributed by atoms with Crippen LogP contribution in [0.25, 0.3) is 0 Å². The number of aliphatic hydroxyl groups excluding tert-OH is 1. The summed E-state index contributed by atoms with van der Waals surface area (Å²) in [6, 6.07) is -4.95. The van der Waals surface area contributed by atoms with Gasteiger partial charge in [-0.2, -0.15) is 0 Å². The molecule has 0 bridgehead atoms. The van der Waals surface area contributed by atoms with Crippen LogP contribution in [0.4, 0.5) is 0 Å². The predicted molar refractivity (Wildman–Crippen MR) is 102 cm³/mol. The van der Waals surface area contributed by atoms with Crippen molar-refractivity contribution in [2.45, 2.75) is 70.8 Å². The summed E-state index contributed by atoms with van der Waals surface area (Å²) in [6.45, 7) is 6.26. The molecule has 0 aromatic rings. The number of aliphatic carboxylic acids is 1. The molecule has 0 heterocycles. The fourth-order valence-electron chi connectivity index (χ4n) is 2.27. The third kappa shape index (κ3) is 9.85. The number of nitrogens with two attached hydrogens (primary N) is 2. The predicted octanol–water partition coefficient (Wildman–Crippen LogP) is -2.83. The summed E-state index contributed by atoms with van der Waals surface area (Å²) < 4.78 is 0. The van der Waals surface area contributed by atoms with E-state index in [4.69, 9.17) is 16.6 Å². The monoisotopic (exact) mass is 417 g/mol. The first kappa shape index (κ1) is 26.3. The summed E-state index contributed by atoms with van der Waals surface area (Å²) in [5, 5.41) is 25.4. The molecule has 0 spiro atoms. The van der Waals surface area contributed by atoms with Gasteiger partial charge in [0.15, 0.2) is 0 Å². The summed E-state index contributed by atoms with van der Waals surface area (Å²) in [5.41, 5.74) is 10.5. The van der Waals surface area contributed by atoms with Crippen molar-refractivity contribution in [1.82, 2.24) is 16.0 Å². The molecular formula is C17H31N5O7. The van der Waals surface area contributed by atoms with Gasteiger partial charge in [0.1, 0.15) is 24.2 Å². The van der Waals surface area contributed by atoms with Gasteiger partial charge in [-0.25, -0.2) is 4.79 Å². The van der Waals surface area contributed by atoms with E-state index in [2.05, 4.69) is 16.0 Å². The van der Waals surface area contributed by atoms with Gasteiger partial charge in [0.05, 0.1) is 12.5 Å². The van der Waals surface area contributed by atoms with E-state index in [9.17, 15) is 29.1 Å². The lowest BCUT2D eigenvalue weighted by molar-refractivity contribution is -0.143. The Morgan fingerprint density at radius 2 is 1.38 bits per heavy atom. The van der Waals surface area contributed by atoms with E-state index in [-0.39, 0.29) is 12.3 Å². The highest BCUT2D eigenvalue weighted by Gasteiger charge is 2.30. The molecule has 12 heteroatoms. The molecule has 0 aliphatic heterocycles. The van der Waals surface area contributed by atoms with Crippen molar-refractivity contribution < 1.29 is 34.2 Å². The van der Waals surface area contributed by atoms with Crippen molar-refractivity contribution in [2.24, 2.45) is 17.4 Å². The first-order valence-electron chi connectivity index (χ1n) is 9.12. The molecule has 12 nitrogen and oxygen atoms in total. The maximum Gasteiger partial charge on any atom is 0.326 e. The maximum absolute atomic E-state index is 12.5. The van der Waals surface area contributed by atoms with Gasteiger partial charge in [-0.1, -0.05) is 13.8 Å². The molecule has 166 valence electrons. The fraction of sp³-hybridized carbons (Fsp3) is 0.706. The number of primary amides is 1. The third-order valence-corrected chi connectivity index (χ3v) is 3.93. The molecule has 0 rings (SSSR count). The average Bonchev–Trinajstić information content (AvgIpc) is 2.58. The third-order valence-electron chi connectivity index (χ3n) is 3.93. The Morgan fingerprint density at radius 3 is 1.79 bits per heavy atom. The van der Waals surface area contributed by atoms with E-state index in [0.717, 1.165) is 0 Å². The van der Waals surface area contributed by atoms with Crippen LogP contribution in [0.1, 0.15) is 40.5 Å². The van der Waals surface area contributed by atoms with E-state index >= 15 is 0 Å². The van der Waals surface area contributed by atoms with Crippen LogP contribution >= 0.6 is 0 Å². The number of hydrogen-bond donors (Lipinski definition) is 7. The molecule has 4 amide bonds. The second kappa shape index (κ2) is 12.0. The summed E-state index contributed by atoms with van der Waals surface area (Å²) in [6.07, 6.45) is -1.55. The number of hydrogen-bond acceptors (Lipinski definition) is 7. The molecule has 0 fully saturated rings. The second-order valence-corrected chi connectivity index (χ2v) is 7.26. The van der Waals surface area contributed by atoms with Crippen LogP contribution in [-0.4, -0.2) is 70.1 Å². The number of rotatable bonds is 12. The molecule has 0 radical (unpaired) electrons. The van der Waals surface area contributed by atoms with Crippen molar-refractivity contribution in [3.05, 3.63) is 0 Å². The maximum atomic E-state index is 12.5. The normalized spacial score (nSPS) is 16.1. The molecule has 0 aromatic heterocycles. The molecule has 5 atom stereocenters. The van der Waals surface area contributed by atoms with Gasteiger partial charge < -0.3 is 37.6 Å². The van der Waals surface area contributed by atoms with Crippen molar-refractivity contribution in [1.29, 1.82) is 0 Å². The minimum absolute atomic E-state index is 0.0426. The first-order chi connectivity index (χ1) is 13.3. The Hall–Kier alpha value is -2.73. The quantitative estimate of drug-likeness (QED) is 0.175. The number of aliphatic hydroxyl groups is 1. The summed E-state index contributed by atoms with van der Waals surface area (Å²) in [5.74, 6) is -4.66. The Bertz CT molecular complexity index is 623. The highest BCUT2D eigenvalue weighted by Crippen LogP contribution is 2.07. The van der Waals surface area contributed by atoms with Crippen molar-refractivity contribution in [3.8, 4) is 0 Å². The Balaban J connectivity index is 5.15. The lowest BCUT2D eigenvalue weighted by Gasteiger charge is -2.24. The fourth-order valence-corrected chi connectivity index (χ4v) is 2.27. The van der Waals surface area contributed by atoms with Crippen molar-refractivity contribution in [3.63, 3.8) is 0 Å². The lowest BCUT2D eigenvalue weighted by atomic mass is 10.0. The molecule has 29 heavy (non-hydrogen) atoms. The van der Waals surface area contributed by atoms with Gasteiger partial charge in [-0.3, -0.25) is 19.2 Å². The second-order valence-electron chi connectivity index (χ2n) is 7.26. The number of carboxylic acid groups (broad SMARTS) is 1. The summed E-state index contributed by atoms with van der Waals surface area (Å²) in [4.78, 5) is 58.9. The number of carbonyl (C=O) groups is 5. The van der Waals surface area contributed by atoms with E-state index in [1.165, 1.54) is 13.8 Å². The Morgan fingerprint density at radius 1 is 0.862 bits per heavy atom. The topological polar surface area (TPSA) is 214 Å². The molecule has 0 aromatic carbocycles. The molecular weight excluding hydrogens is 386 g/mol. The largest absolute Gasteiger partial charge is 0.480 e. The summed E-state index contributed by atoms with van der Waals surface area (Å²) in [7, 11) is 0. The van der Waals surface area contributed by atoms with E-state index in [0.29, 0.717) is 0 Å². The van der Waals surface area contributed by atoms with Crippen LogP contribution in [0.5, 0.6) is 0 Å². The van der Waals surface area contributed by atoms with Crippen molar-refractivity contribution >= 4 is 29.6 Å². The zero-order valence-electron chi connectivity index (χ0n) is 17.0. The first-order valence-corrected chi connectivity index (χ1v) is 9.12. The number of carbonyl (C=O) groups excluding carboxylic acids is 4. The molecule has 0 saturated heterocycles. The number of carboxylic acids is 1. The van der Waals surface area contributed by atoms with Crippen molar-refractivity contribution in [2.75, 3.05) is 0 Å². The van der Waals surface area contributed by atoms with E-state index < -0.39 is 66.3 Å². The molecule has 0 aliphatic rings. The molecule has 9 N–H and O–H groups in total. The Kier molecular flexibility index (Phi) is 10.8. The average molecular weight is 417 g/mol. The minimum atomic E-state index is -1.53. The highest BCUT2D eigenvalue weighted by atomic mass is 16.4. The standard InChI is InChI=1S/C17H31N5O7/c1-7(2)5-10(15(26)22-11(17(28)29)6-12(18)24)21-14(25)8(3)20-16(27)13(19)9(4)23/h7-11,13,23H,5-6,19H2,1-4H3,(H2,18,24)(H,20,27)(H,21,25)(H,22,26)(H,28,29). The van der Waals surface area contributed by atoms with E-state index in [1.54, 1.807) is 13.8 Å². The van der Waals surface area contributed by atoms with Gasteiger partial charge in [0.25, 0.3) is 0 Å². The number of nitrogens with one attached hydrogen (secondary N) is 3. The van der Waals surface area contributed by atoms with Gasteiger partial charge in [-0.05, 0) is 26.2 Å². The SMILES string of the molecule is CC(C)CC(NC(=O)C(C)NC(=O)C(N)C(C)O)C(=O)NC(CC(N)=O)C(=O)O. The van der Waals surface area contributed by atoms with E-state index in [1.807, 2.05) is 0 Å². The highest BCUT2D eigenvalue weighted by molar-refractivity contribution is 5.94. The number of amides is 4. The van der Waals surface area contributed by atoms with Crippen LogP contribution in [0.2, 0.25) is 0 Å². The molecule has 5 unspecified atom stereocenters. The zero-order chi connectivity index (χ0) is 22.9. The van der Waals surface area contributed by atoms with Crippen LogP contribution in [0.15, 0.2) is 0 Å². The van der Waals surface area contributed by atoms with Gasteiger partial charge >= 0.3 is 5.97 Å². The van der Waals surface area contributed by atoms with Gasteiger partial charge in [0.2, 0.25) is 23.6 Å². The Labute approximate surface area is 168 Å². The van der Waals surface area contributed by atoms with Gasteiger partial charge in [-0.15, -0.1) is 0 Å². The minimum Gasteiger partial charge on any atom is -0.480 e. The van der Waals surface area contributed by atoms with Crippen LogP contribution in [0, 0.1) is 5.92 Å². The van der Waals surface area contributed by atoms with Crippen LogP contribution in [0.3, 0.4) is 0 Å². The lowest BCUT2D eigenvalue weighted by Crippen LogP contribution is -2.57. The van der Waals surface area contributed by atoms with Crippen LogP contribution < -0.4 is 27.4 Å².